The third-order valence-corrected chi connectivity index (χ3v) is 11.8. The van der Waals surface area contributed by atoms with E-state index >= 15 is 0 Å². The molecule has 3 amide bonds. The van der Waals surface area contributed by atoms with Crippen molar-refractivity contribution in [3.05, 3.63) is 51.5 Å². The predicted octanol–water partition coefficient (Wildman–Crippen LogP) is 5.86. The number of nitrogens with one attached hydrogen (secondary N) is 2. The van der Waals surface area contributed by atoms with Crippen molar-refractivity contribution in [2.75, 3.05) is 20.6 Å². The first-order valence-corrected chi connectivity index (χ1v) is 19.8. The topological polar surface area (TPSA) is 158 Å². The van der Waals surface area contributed by atoms with E-state index in [1.165, 1.54) is 31.4 Å². The number of carboxylic acid groups (broad SMARTS) is 1. The van der Waals surface area contributed by atoms with Gasteiger partial charge >= 0.3 is 18.1 Å². The molecule has 1 aliphatic heterocycles. The number of esters is 1. The fourth-order valence-electron chi connectivity index (χ4n) is 7.32. The molecule has 1 saturated carbocycles. The van der Waals surface area contributed by atoms with Gasteiger partial charge in [-0.05, 0) is 81.6 Å². The molecule has 16 heteroatoms. The average molecular weight is 794 g/mol. The lowest BCUT2D eigenvalue weighted by molar-refractivity contribution is -0.149. The Morgan fingerprint density at radius 3 is 2.24 bits per heavy atom. The highest BCUT2D eigenvalue weighted by Crippen LogP contribution is 2.34. The van der Waals surface area contributed by atoms with Crippen LogP contribution in [0.5, 0.6) is 0 Å². The van der Waals surface area contributed by atoms with Crippen molar-refractivity contribution in [1.82, 2.24) is 25.4 Å². The number of aromatic nitrogens is 1. The van der Waals surface area contributed by atoms with Crippen molar-refractivity contribution >= 4 is 41.0 Å². The highest BCUT2D eigenvalue weighted by Gasteiger charge is 2.40. The largest absolute Gasteiger partial charge is 0.481 e. The van der Waals surface area contributed by atoms with Gasteiger partial charge in [-0.25, -0.2) is 4.98 Å². The van der Waals surface area contributed by atoms with E-state index in [4.69, 9.17) is 4.74 Å². The Morgan fingerprint density at radius 1 is 1.02 bits per heavy atom. The number of thiazole rings is 1. The number of aliphatic carboxylic acids is 1. The number of piperidine rings is 1. The predicted molar refractivity (Wildman–Crippen MR) is 200 cm³/mol. The average Bonchev–Trinajstić information content (AvgIpc) is 3.58. The first-order valence-electron chi connectivity index (χ1n) is 18.9. The number of carboxylic acids is 1. The van der Waals surface area contributed by atoms with Crippen LogP contribution in [0, 0.1) is 17.8 Å². The molecule has 4 rings (SSSR count). The zero-order valence-electron chi connectivity index (χ0n) is 32.4. The van der Waals surface area contributed by atoms with Gasteiger partial charge in [0.15, 0.2) is 6.10 Å². The Labute approximate surface area is 324 Å². The summed E-state index contributed by atoms with van der Waals surface area (Å²) in [6.07, 6.45) is 0.156. The molecule has 0 bridgehead atoms. The van der Waals surface area contributed by atoms with Gasteiger partial charge < -0.3 is 25.4 Å². The van der Waals surface area contributed by atoms with Gasteiger partial charge in [0.05, 0.1) is 17.5 Å². The van der Waals surface area contributed by atoms with Crippen LogP contribution >= 0.6 is 11.3 Å². The molecule has 0 spiro atoms. The van der Waals surface area contributed by atoms with Crippen molar-refractivity contribution in [3.8, 4) is 0 Å². The zero-order chi connectivity index (χ0) is 40.6. The lowest BCUT2D eigenvalue weighted by atomic mass is 9.78. The Kier molecular flexibility index (Phi) is 15.2. The number of amides is 3. The molecule has 2 aliphatic rings. The maximum absolute atomic E-state index is 14.2. The van der Waals surface area contributed by atoms with Gasteiger partial charge in [0.25, 0.3) is 5.91 Å². The summed E-state index contributed by atoms with van der Waals surface area (Å²) in [5.74, 6) is -3.61. The molecule has 1 aromatic carbocycles. The van der Waals surface area contributed by atoms with Crippen LogP contribution in [-0.2, 0) is 36.5 Å². The number of halogens is 3. The van der Waals surface area contributed by atoms with Crippen molar-refractivity contribution in [2.24, 2.45) is 17.8 Å². The number of nitrogens with zero attached hydrogens (tertiary/aromatic N) is 3. The molecule has 0 unspecified atom stereocenters. The third-order valence-electron chi connectivity index (χ3n) is 10.8. The van der Waals surface area contributed by atoms with Crippen molar-refractivity contribution < 1.29 is 47.0 Å². The number of carbonyl (C=O) groups is 5. The Balaban J connectivity index is 1.51. The standard InChI is InChI=1S/C39H54F3N5O7S/c1-22(2)31(47(6)37(51)33(26-10-9-11-26)45-35(50)30-12-7-8-17-46(30)5)20-32(54-24(4)48)36-44-29(21-55-36)34(49)43-28(18-23(3)38(52)53)19-25-13-15-27(16-14-25)39(40,41)42/h13-16,21-23,26,28,30-33H,7-12,17-20H2,1-6H3,(H,43,49)(H,45,50)(H,52,53)/t23-,28+,30+,31+,32+,33-/m0/s1. The highest BCUT2D eigenvalue weighted by molar-refractivity contribution is 7.09. The second-order valence-corrected chi connectivity index (χ2v) is 16.3. The molecule has 304 valence electrons. The first kappa shape index (κ1) is 43.7. The first-order chi connectivity index (χ1) is 25.8. The smallest absolute Gasteiger partial charge is 0.416 e. The van der Waals surface area contributed by atoms with E-state index < -0.39 is 59.7 Å². The maximum Gasteiger partial charge on any atom is 0.416 e. The fourth-order valence-corrected chi connectivity index (χ4v) is 8.16. The summed E-state index contributed by atoms with van der Waals surface area (Å²) >= 11 is 1.09. The molecule has 12 nitrogen and oxygen atoms in total. The van der Waals surface area contributed by atoms with E-state index in [1.54, 1.807) is 11.9 Å². The number of alkyl halides is 3. The number of benzene rings is 1. The molecular formula is C39H54F3N5O7S. The molecule has 2 fully saturated rings. The molecule has 1 saturated heterocycles. The van der Waals surface area contributed by atoms with Crippen molar-refractivity contribution in [2.45, 2.75) is 122 Å². The van der Waals surface area contributed by atoms with Crippen LogP contribution in [0.25, 0.3) is 0 Å². The monoisotopic (exact) mass is 793 g/mol. The van der Waals surface area contributed by atoms with Crippen LogP contribution in [0.3, 0.4) is 0 Å². The maximum atomic E-state index is 14.2. The SMILES string of the molecule is CC(=O)O[C@H](C[C@H](C(C)C)N(C)C(=O)[C@@H](NC(=O)[C@H]1CCCCN1C)C1CCC1)c1nc(C(=O)N[C@@H](Cc2ccc(C(F)(F)F)cc2)C[C@H](C)C(=O)O)cs1. The number of likely N-dealkylation sites (N-methyl/N-ethyl adjacent to an activating group) is 2. The van der Waals surface area contributed by atoms with Crippen LogP contribution in [0.2, 0.25) is 0 Å². The van der Waals surface area contributed by atoms with Crippen LogP contribution < -0.4 is 10.6 Å². The number of hydrogen-bond acceptors (Lipinski definition) is 9. The number of ether oxygens (including phenoxy) is 1. The van der Waals surface area contributed by atoms with E-state index in [9.17, 15) is 42.3 Å². The van der Waals surface area contributed by atoms with Gasteiger partial charge in [0.1, 0.15) is 16.7 Å². The van der Waals surface area contributed by atoms with E-state index in [0.717, 1.165) is 68.5 Å². The summed E-state index contributed by atoms with van der Waals surface area (Å²) in [6, 6.07) is 2.28. The number of likely N-dealkylation sites (tertiary alicyclic amines) is 1. The molecule has 2 heterocycles. The summed E-state index contributed by atoms with van der Waals surface area (Å²) in [4.78, 5) is 73.3. The second kappa shape index (κ2) is 19.2. The molecule has 1 aromatic heterocycles. The van der Waals surface area contributed by atoms with Gasteiger partial charge in [-0.3, -0.25) is 28.9 Å². The van der Waals surface area contributed by atoms with Gasteiger partial charge in [-0.15, -0.1) is 11.3 Å². The molecule has 0 radical (unpaired) electrons. The summed E-state index contributed by atoms with van der Waals surface area (Å²) in [5.41, 5.74) is -0.358. The summed E-state index contributed by atoms with van der Waals surface area (Å²) < 4.78 is 45.1. The molecular weight excluding hydrogens is 740 g/mol. The molecule has 1 aliphatic carbocycles. The van der Waals surface area contributed by atoms with E-state index in [1.807, 2.05) is 25.8 Å². The summed E-state index contributed by atoms with van der Waals surface area (Å²) in [5, 5.41) is 17.2. The highest BCUT2D eigenvalue weighted by atomic mass is 32.1. The summed E-state index contributed by atoms with van der Waals surface area (Å²) in [6.45, 7) is 7.45. The van der Waals surface area contributed by atoms with Gasteiger partial charge in [0, 0.05) is 37.9 Å². The van der Waals surface area contributed by atoms with Crippen LogP contribution in [-0.4, -0.2) is 94.4 Å². The molecule has 6 atom stereocenters. The number of carbonyl (C=O) groups excluding carboxylic acids is 4. The van der Waals surface area contributed by atoms with Gasteiger partial charge in [-0.1, -0.05) is 45.7 Å². The van der Waals surface area contributed by atoms with E-state index in [0.29, 0.717) is 10.6 Å². The molecule has 55 heavy (non-hydrogen) atoms. The van der Waals surface area contributed by atoms with Crippen LogP contribution in [0.15, 0.2) is 29.6 Å². The number of hydrogen-bond donors (Lipinski definition) is 3. The van der Waals surface area contributed by atoms with E-state index in [-0.39, 0.29) is 54.6 Å². The quantitative estimate of drug-likeness (QED) is 0.167. The van der Waals surface area contributed by atoms with Crippen LogP contribution in [0.4, 0.5) is 13.2 Å². The molecule has 2 aromatic rings. The van der Waals surface area contributed by atoms with Crippen molar-refractivity contribution in [3.63, 3.8) is 0 Å². The van der Waals surface area contributed by atoms with Crippen molar-refractivity contribution in [1.29, 1.82) is 0 Å². The lowest BCUT2D eigenvalue weighted by Gasteiger charge is -2.41. The van der Waals surface area contributed by atoms with Gasteiger partial charge in [0.2, 0.25) is 11.8 Å². The van der Waals surface area contributed by atoms with Gasteiger partial charge in [-0.2, -0.15) is 13.2 Å². The Morgan fingerprint density at radius 2 is 1.69 bits per heavy atom. The minimum Gasteiger partial charge on any atom is -0.481 e. The fraction of sp³-hybridized carbons (Fsp3) is 0.641. The minimum atomic E-state index is -4.52. The Bertz CT molecular complexity index is 1650. The van der Waals surface area contributed by atoms with Crippen LogP contribution in [0.1, 0.15) is 112 Å². The molecule has 3 N–H and O–H groups in total. The van der Waals surface area contributed by atoms with E-state index in [2.05, 4.69) is 15.6 Å². The second-order valence-electron chi connectivity index (χ2n) is 15.4. The zero-order valence-corrected chi connectivity index (χ0v) is 33.2. The normalized spacial score (nSPS) is 19.3. The Hall–Kier alpha value is -4.05. The minimum absolute atomic E-state index is 0.00521. The summed E-state index contributed by atoms with van der Waals surface area (Å²) in [7, 11) is 3.62. The number of rotatable bonds is 17. The third kappa shape index (κ3) is 12.0. The lowest BCUT2D eigenvalue weighted by Crippen LogP contribution is -2.59.